The maximum Gasteiger partial charge on any atom is 0.397 e. The van der Waals surface area contributed by atoms with Gasteiger partial charge >= 0.3 is 98.0 Å². The molecule has 5 heterocycles. The summed E-state index contributed by atoms with van der Waals surface area (Å²) in [4.78, 5) is 41.5. The van der Waals surface area contributed by atoms with Gasteiger partial charge in [-0.3, -0.25) is 44.8 Å². The fourth-order valence-electron chi connectivity index (χ4n) is 9.92. The van der Waals surface area contributed by atoms with E-state index in [9.17, 15) is 111 Å². The Kier molecular flexibility index (Phi) is 37.0. The van der Waals surface area contributed by atoms with Crippen molar-refractivity contribution >= 4 is 123 Å². The van der Waals surface area contributed by atoms with Crippen molar-refractivity contribution in [1.82, 2.24) is 0 Å². The number of carbonyl (C=O) groups is 2. The van der Waals surface area contributed by atoms with Crippen molar-refractivity contribution in [1.29, 1.82) is 0 Å². The molecule has 0 radical (unpaired) electrons. The predicted molar refractivity (Wildman–Crippen MR) is 298 cm³/mol. The quantitative estimate of drug-likeness (QED) is 0.00673. The second kappa shape index (κ2) is 41.5. The Balaban J connectivity index is 1.70. The Bertz CT molecular complexity index is 3340. The monoisotopic (exact) mass is 1730 g/mol. The molecule has 5 saturated heterocycles. The second-order valence-electron chi connectivity index (χ2n) is 19.3. The van der Waals surface area contributed by atoms with Crippen LogP contribution in [0.5, 0.6) is 0 Å². The summed E-state index contributed by atoms with van der Waals surface area (Å²) < 4.78 is 371. The molecule has 0 aromatic rings. The highest BCUT2D eigenvalue weighted by atomic mass is 32.3. The van der Waals surface area contributed by atoms with Crippen LogP contribution in [0.2, 0.25) is 0 Å². The molecule has 0 amide bonds. The minimum Gasteiger partial charge on any atom is -0.479 e. The van der Waals surface area contributed by atoms with Crippen molar-refractivity contribution < 1.29 is 263 Å². The third-order valence-electron chi connectivity index (χ3n) is 13.4. The van der Waals surface area contributed by atoms with Gasteiger partial charge in [0, 0.05) is 35.5 Å². The molecule has 5 aliphatic heterocycles. The number of carboxylic acids is 2. The van der Waals surface area contributed by atoms with Crippen molar-refractivity contribution in [2.24, 2.45) is 0 Å². The van der Waals surface area contributed by atoms with Crippen molar-refractivity contribution in [2.45, 2.75) is 154 Å². The molecule has 5 aliphatic rings. The summed E-state index contributed by atoms with van der Waals surface area (Å²) in [7, 11) is -25.8. The molecule has 0 spiro atoms. The average molecular weight is 1730 g/mol. The Morgan fingerprint density at radius 3 is 1.11 bits per heavy atom. The van der Waals surface area contributed by atoms with Gasteiger partial charge in [0.2, 0.25) is 0 Å². The van der Waals surface area contributed by atoms with Gasteiger partial charge in [-0.25, -0.2) is 55.7 Å². The van der Waals surface area contributed by atoms with Gasteiger partial charge in [0.25, 0.3) is 0 Å². The van der Waals surface area contributed by atoms with E-state index in [-0.39, 0.29) is 0 Å². The Hall–Kier alpha value is -1.80. The van der Waals surface area contributed by atoms with Crippen LogP contribution in [0.3, 0.4) is 0 Å². The second-order valence-corrected chi connectivity index (χ2v) is 27.3. The summed E-state index contributed by atoms with van der Waals surface area (Å²) in [5.41, 5.74) is 0. The van der Waals surface area contributed by atoms with E-state index >= 15 is 0 Å². The van der Waals surface area contributed by atoms with Crippen molar-refractivity contribution in [2.75, 3.05) is 55.4 Å². The lowest BCUT2D eigenvalue weighted by Gasteiger charge is -2.51. The first-order valence-electron chi connectivity index (χ1n) is 26.1. The fourth-order valence-corrected chi connectivity index (χ4v) is 13.2. The summed E-state index contributed by atoms with van der Waals surface area (Å²) >= 11 is -11.2. The molecular formula is C35H58O58S10. The lowest BCUT2D eigenvalue weighted by molar-refractivity contribution is -0.436. The molecule has 28 atom stereocenters. The highest BCUT2D eigenvalue weighted by Gasteiger charge is 2.63. The molecule has 5 rings (SSSR count). The molecule has 68 heteroatoms. The van der Waals surface area contributed by atoms with E-state index in [0.717, 1.165) is 21.3 Å². The molecule has 606 valence electrons. The van der Waals surface area contributed by atoms with Gasteiger partial charge < -0.3 is 76.5 Å². The molecule has 12 N–H and O–H groups in total. The minimum absolute atomic E-state index is 0.432. The number of carboxylic acid groups (broad SMARTS) is 2. The first kappa shape index (κ1) is 91.8. The van der Waals surface area contributed by atoms with Crippen molar-refractivity contribution in [3.05, 3.63) is 0 Å². The first-order valence-corrected chi connectivity index (χ1v) is 37.4. The number of ether oxygens (including phenoxy) is 14. The van der Waals surface area contributed by atoms with Crippen LogP contribution in [-0.2, 0) is 238 Å². The smallest absolute Gasteiger partial charge is 0.397 e. The third kappa shape index (κ3) is 28.2. The lowest BCUT2D eigenvalue weighted by Crippen LogP contribution is -2.70. The number of aliphatic carboxylic acids is 2. The van der Waals surface area contributed by atoms with E-state index in [1.54, 1.807) is 0 Å². The van der Waals surface area contributed by atoms with Gasteiger partial charge in [-0.2, -0.15) is 54.7 Å². The van der Waals surface area contributed by atoms with Crippen molar-refractivity contribution in [3.8, 4) is 0 Å². The topological polar surface area (TPSA) is 785 Å². The number of hydrogen-bond donors (Lipinski definition) is 12. The molecule has 0 saturated carbocycles. The van der Waals surface area contributed by atoms with Gasteiger partial charge in [0.1, 0.15) is 86.0 Å². The SMILES string of the molecule is COC1C(OOS(=O)O)[C@@H](O[C@H]2C(OC)C(OSOOO)[C@H](O[C@@H]3C(COOS(=O)O)O[C@@H](O[C@H]4C(C(=O)O)O[C@@H](O[C@H]5C(OSOOO)C(OOS(=O)O)[C@@H](OC)O[C@H]5COS(=O)(=O)O)C(OS(=O)(=O)O)[C@@H]4OC)C(OS(=O)(=O)O)[C@H]3OS(=O)(=O)O)O[C@H]2C(=O)O)O[C@@H](COS(=O)(=O)O)[C@H]1OC. The number of methoxy groups -OCH3 is 5. The standard InChI is InChI=1S/C35H58O58S10/c1-63-12-10(7-69-99(48,49)50)73-32(24(15(12)64-2)80-92-97(44)45)76-18-16(65-3)26(83-95-90-88-41)33(78-22(18)29(36)37)75-14-9(6-68-91-96(42)43)72-34(28(86-103(60,61)62)21(14)84-101(54,55)56)77-19-17(66-4)27(85-102(57,58)59)35(79-23(19)30(38)39)74-13-11(8-70-100(51,52)53)71-31(67-5)25(81-93-98(46)47)20(13)82-94-89-87-40/h9-28,31-35,40-41H,6-8H2,1-5H3,(H,36,37)(H,38,39)(H,42,43)(H,44,45)(H,46,47)(H,48,49,50)(H,51,52,53)(H,54,55,56)(H,57,58,59)(H,60,61,62)/t9?,10-,11-,12+,13+,14+,15?,16?,17+,18-,19+,20?,21-,22+,23?,24?,25?,26?,27?,28?,31-,32+,33+,34-,35+/m0/s1. The van der Waals surface area contributed by atoms with Gasteiger partial charge in [0.15, 0.2) is 98.8 Å². The summed E-state index contributed by atoms with van der Waals surface area (Å²) in [6, 6.07) is 0. The molecule has 0 aromatic carbocycles. The zero-order valence-electron chi connectivity index (χ0n) is 50.8. The van der Waals surface area contributed by atoms with E-state index in [4.69, 9.17) is 103 Å². The van der Waals surface area contributed by atoms with Gasteiger partial charge in [-0.05, 0) is 0 Å². The zero-order chi connectivity index (χ0) is 77.3. The van der Waals surface area contributed by atoms with Gasteiger partial charge in [0.05, 0.1) is 13.2 Å². The average Bonchev–Trinajstić information content (AvgIpc) is 0.757. The van der Waals surface area contributed by atoms with Crippen LogP contribution >= 0.6 is 24.6 Å². The molecule has 13 unspecified atom stereocenters. The van der Waals surface area contributed by atoms with Crippen LogP contribution < -0.4 is 0 Å². The normalized spacial score (nSPS) is 36.0. The maximum absolute atomic E-state index is 13.5. The minimum atomic E-state index is -6.34. The van der Waals surface area contributed by atoms with Crippen molar-refractivity contribution in [3.63, 3.8) is 0 Å². The first-order chi connectivity index (χ1) is 48.0. The fraction of sp³-hybridized carbons (Fsp3) is 0.943. The molecule has 0 aliphatic carbocycles. The van der Waals surface area contributed by atoms with Crippen LogP contribution in [0.15, 0.2) is 0 Å². The maximum atomic E-state index is 13.5. The van der Waals surface area contributed by atoms with E-state index < -0.39 is 296 Å². The van der Waals surface area contributed by atoms with E-state index in [2.05, 4.69) is 49.2 Å². The lowest BCUT2D eigenvalue weighted by atomic mass is 9.95. The Labute approximate surface area is 592 Å². The van der Waals surface area contributed by atoms with Gasteiger partial charge in [-0.1, -0.05) is 10.1 Å². The molecular weight excluding hydrogens is 1670 g/mol. The predicted octanol–water partition coefficient (Wildman–Crippen LogP) is -7.04. The van der Waals surface area contributed by atoms with E-state index in [1.165, 1.54) is 0 Å². The molecule has 5 fully saturated rings. The van der Waals surface area contributed by atoms with Crippen LogP contribution in [0.4, 0.5) is 0 Å². The van der Waals surface area contributed by atoms with Crippen LogP contribution in [0, 0.1) is 0 Å². The number of hydrogen-bond acceptors (Lipinski definition) is 50. The Morgan fingerprint density at radius 2 is 0.709 bits per heavy atom. The molecule has 0 aromatic heterocycles. The highest BCUT2D eigenvalue weighted by molar-refractivity contribution is 7.90. The van der Waals surface area contributed by atoms with Crippen LogP contribution in [0.25, 0.3) is 0 Å². The molecule has 0 bridgehead atoms. The highest BCUT2D eigenvalue weighted by Crippen LogP contribution is 2.42. The van der Waals surface area contributed by atoms with E-state index in [1.807, 2.05) is 0 Å². The van der Waals surface area contributed by atoms with Gasteiger partial charge in [-0.15, -0.1) is 21.7 Å². The summed E-state index contributed by atoms with van der Waals surface area (Å²) in [5.74, 6) is -4.61. The molecule has 103 heavy (non-hydrogen) atoms. The zero-order valence-corrected chi connectivity index (χ0v) is 58.9. The largest absolute Gasteiger partial charge is 0.479 e. The third-order valence-corrected chi connectivity index (χ3v) is 17.1. The van der Waals surface area contributed by atoms with Crippen LogP contribution in [-0.4, -0.2) is 333 Å². The molecule has 58 nitrogen and oxygen atoms in total. The summed E-state index contributed by atoms with van der Waals surface area (Å²) in [5, 5.41) is 46.4. The summed E-state index contributed by atoms with van der Waals surface area (Å²) in [6.45, 7) is -4.40. The van der Waals surface area contributed by atoms with Crippen LogP contribution in [0.1, 0.15) is 0 Å². The Morgan fingerprint density at radius 1 is 0.379 bits per heavy atom. The summed E-state index contributed by atoms with van der Waals surface area (Å²) in [6.07, 6.45) is -64.2. The number of rotatable bonds is 45. The van der Waals surface area contributed by atoms with E-state index in [0.29, 0.717) is 14.2 Å².